The van der Waals surface area contributed by atoms with Gasteiger partial charge in [0.2, 0.25) is 0 Å². The minimum Gasteiger partial charge on any atom is -0.444 e. The Hall–Kier alpha value is -0.770. The lowest BCUT2D eigenvalue weighted by atomic mass is 10.2. The molecule has 2 fully saturated rings. The Morgan fingerprint density at radius 3 is 2.67 bits per heavy atom. The molecule has 4 nitrogen and oxygen atoms in total. The van der Waals surface area contributed by atoms with E-state index in [0.29, 0.717) is 11.8 Å². The molecule has 0 spiro atoms. The molecular formula is C11H19NO3. The molecule has 3 unspecified atom stereocenters. The highest BCUT2D eigenvalue weighted by atomic mass is 16.6. The lowest BCUT2D eigenvalue weighted by molar-refractivity contribution is 0.0244. The number of piperidine rings is 1. The van der Waals surface area contributed by atoms with Crippen molar-refractivity contribution in [2.75, 3.05) is 13.2 Å². The van der Waals surface area contributed by atoms with Crippen molar-refractivity contribution in [3.63, 3.8) is 0 Å². The van der Waals surface area contributed by atoms with E-state index in [1.165, 1.54) is 0 Å². The maximum atomic E-state index is 11.8. The van der Waals surface area contributed by atoms with Crippen LogP contribution in [0.5, 0.6) is 0 Å². The summed E-state index contributed by atoms with van der Waals surface area (Å²) in [6, 6.07) is 0.241. The van der Waals surface area contributed by atoms with Crippen LogP contribution in [0.15, 0.2) is 0 Å². The number of carbonyl (C=O) groups excluding carboxylic acids is 1. The number of carbonyl (C=O) groups is 1. The van der Waals surface area contributed by atoms with Gasteiger partial charge < -0.3 is 14.7 Å². The SMILES string of the molecule is CC(C)(C)OC(=O)N1CCC2C(CO)C21. The van der Waals surface area contributed by atoms with Gasteiger partial charge in [0, 0.05) is 25.1 Å². The molecular weight excluding hydrogens is 194 g/mol. The van der Waals surface area contributed by atoms with Gasteiger partial charge in [-0.3, -0.25) is 0 Å². The Bertz CT molecular complexity index is 267. The average molecular weight is 213 g/mol. The van der Waals surface area contributed by atoms with Crippen molar-refractivity contribution < 1.29 is 14.6 Å². The Labute approximate surface area is 90.2 Å². The number of ether oxygens (including phenoxy) is 1. The van der Waals surface area contributed by atoms with Crippen molar-refractivity contribution in [2.45, 2.75) is 38.8 Å². The van der Waals surface area contributed by atoms with Gasteiger partial charge in [0.25, 0.3) is 0 Å². The number of hydrogen-bond donors (Lipinski definition) is 1. The number of amides is 1. The molecule has 15 heavy (non-hydrogen) atoms. The van der Waals surface area contributed by atoms with Crippen LogP contribution in [0, 0.1) is 11.8 Å². The zero-order chi connectivity index (χ0) is 11.2. The van der Waals surface area contributed by atoms with Crippen LogP contribution in [-0.4, -0.2) is 40.9 Å². The fourth-order valence-corrected chi connectivity index (χ4v) is 2.49. The Morgan fingerprint density at radius 2 is 2.20 bits per heavy atom. The Kier molecular flexibility index (Phi) is 2.41. The van der Waals surface area contributed by atoms with Crippen molar-refractivity contribution >= 4 is 6.09 Å². The molecule has 0 radical (unpaired) electrons. The summed E-state index contributed by atoms with van der Waals surface area (Å²) in [5.74, 6) is 0.814. The minimum atomic E-state index is -0.432. The van der Waals surface area contributed by atoms with Crippen LogP contribution in [-0.2, 0) is 4.74 Å². The lowest BCUT2D eigenvalue weighted by Gasteiger charge is -2.26. The molecule has 1 saturated heterocycles. The molecule has 0 aromatic heterocycles. The quantitative estimate of drug-likeness (QED) is 0.712. The molecule has 86 valence electrons. The molecule has 1 heterocycles. The number of likely N-dealkylation sites (tertiary alicyclic amines) is 1. The summed E-state index contributed by atoms with van der Waals surface area (Å²) in [5, 5.41) is 9.07. The summed E-state index contributed by atoms with van der Waals surface area (Å²) < 4.78 is 5.32. The van der Waals surface area contributed by atoms with E-state index in [9.17, 15) is 4.79 Å². The van der Waals surface area contributed by atoms with E-state index in [2.05, 4.69) is 0 Å². The maximum Gasteiger partial charge on any atom is 0.410 e. The van der Waals surface area contributed by atoms with Gasteiger partial charge in [0.15, 0.2) is 0 Å². The predicted octanol–water partition coefficient (Wildman–Crippen LogP) is 1.23. The number of fused-ring (bicyclic) bond motifs is 1. The normalized spacial score (nSPS) is 33.9. The molecule has 1 N–H and O–H groups in total. The summed E-state index contributed by atoms with van der Waals surface area (Å²) in [6.45, 7) is 6.58. The van der Waals surface area contributed by atoms with E-state index in [4.69, 9.17) is 9.84 Å². The number of aliphatic hydroxyl groups is 1. The predicted molar refractivity (Wildman–Crippen MR) is 55.4 cm³/mol. The molecule has 1 saturated carbocycles. The van der Waals surface area contributed by atoms with Crippen LogP contribution >= 0.6 is 0 Å². The van der Waals surface area contributed by atoms with Crippen molar-refractivity contribution in [2.24, 2.45) is 11.8 Å². The first-order valence-corrected chi connectivity index (χ1v) is 5.54. The first kappa shape index (κ1) is 10.7. The van der Waals surface area contributed by atoms with Gasteiger partial charge >= 0.3 is 6.09 Å². The third-order valence-corrected chi connectivity index (χ3v) is 3.19. The molecule has 4 heteroatoms. The number of nitrogens with zero attached hydrogens (tertiary/aromatic N) is 1. The van der Waals surface area contributed by atoms with Gasteiger partial charge in [-0.05, 0) is 33.1 Å². The minimum absolute atomic E-state index is 0.189. The van der Waals surface area contributed by atoms with E-state index in [0.717, 1.165) is 13.0 Å². The highest BCUT2D eigenvalue weighted by molar-refractivity contribution is 5.70. The van der Waals surface area contributed by atoms with Crippen LogP contribution in [0.25, 0.3) is 0 Å². The van der Waals surface area contributed by atoms with Crippen LogP contribution < -0.4 is 0 Å². The van der Waals surface area contributed by atoms with Crippen molar-refractivity contribution in [1.82, 2.24) is 4.90 Å². The van der Waals surface area contributed by atoms with Gasteiger partial charge in [-0.25, -0.2) is 4.79 Å². The molecule has 0 aromatic rings. The molecule has 1 amide bonds. The van der Waals surface area contributed by atoms with E-state index in [1.807, 2.05) is 20.8 Å². The molecule has 1 aliphatic heterocycles. The lowest BCUT2D eigenvalue weighted by Crippen LogP contribution is -2.38. The number of aliphatic hydroxyl groups excluding tert-OH is 1. The van der Waals surface area contributed by atoms with Crippen LogP contribution in [0.4, 0.5) is 4.79 Å². The standard InChI is InChI=1S/C11H19NO3/c1-11(2,3)15-10(14)12-5-4-7-8(6-13)9(7)12/h7-9,13H,4-6H2,1-3H3. The zero-order valence-electron chi connectivity index (χ0n) is 9.56. The highest BCUT2D eigenvalue weighted by Crippen LogP contribution is 2.50. The van der Waals surface area contributed by atoms with Gasteiger partial charge in [-0.2, -0.15) is 0 Å². The third-order valence-electron chi connectivity index (χ3n) is 3.19. The summed E-state index contributed by atoms with van der Waals surface area (Å²) in [4.78, 5) is 13.6. The zero-order valence-corrected chi connectivity index (χ0v) is 9.56. The first-order valence-electron chi connectivity index (χ1n) is 5.54. The smallest absolute Gasteiger partial charge is 0.410 e. The van der Waals surface area contributed by atoms with E-state index in [-0.39, 0.29) is 18.7 Å². The molecule has 0 aromatic carbocycles. The topological polar surface area (TPSA) is 49.8 Å². The van der Waals surface area contributed by atoms with Crippen LogP contribution in [0.3, 0.4) is 0 Å². The Morgan fingerprint density at radius 1 is 1.53 bits per heavy atom. The fourth-order valence-electron chi connectivity index (χ4n) is 2.49. The Balaban J connectivity index is 1.92. The number of hydrogen-bond acceptors (Lipinski definition) is 3. The molecule has 2 rings (SSSR count). The van der Waals surface area contributed by atoms with E-state index in [1.54, 1.807) is 4.90 Å². The second-order valence-electron chi connectivity index (χ2n) is 5.46. The van der Waals surface area contributed by atoms with Gasteiger partial charge in [0.1, 0.15) is 5.60 Å². The van der Waals surface area contributed by atoms with Crippen LogP contribution in [0.1, 0.15) is 27.2 Å². The second kappa shape index (κ2) is 3.37. The van der Waals surface area contributed by atoms with E-state index >= 15 is 0 Å². The largest absolute Gasteiger partial charge is 0.444 e. The maximum absolute atomic E-state index is 11.8. The highest BCUT2D eigenvalue weighted by Gasteiger charge is 2.58. The van der Waals surface area contributed by atoms with Gasteiger partial charge in [0.05, 0.1) is 0 Å². The summed E-state index contributed by atoms with van der Waals surface area (Å²) >= 11 is 0. The molecule has 3 atom stereocenters. The van der Waals surface area contributed by atoms with Gasteiger partial charge in [-0.15, -0.1) is 0 Å². The van der Waals surface area contributed by atoms with Crippen molar-refractivity contribution in [1.29, 1.82) is 0 Å². The van der Waals surface area contributed by atoms with Gasteiger partial charge in [-0.1, -0.05) is 0 Å². The third kappa shape index (κ3) is 1.95. The molecule has 0 bridgehead atoms. The summed E-state index contributed by atoms with van der Waals surface area (Å²) in [7, 11) is 0. The first-order chi connectivity index (χ1) is 6.94. The summed E-state index contributed by atoms with van der Waals surface area (Å²) in [6.07, 6.45) is 0.778. The van der Waals surface area contributed by atoms with E-state index < -0.39 is 5.60 Å². The second-order valence-corrected chi connectivity index (χ2v) is 5.46. The molecule has 2 aliphatic rings. The molecule has 1 aliphatic carbocycles. The van der Waals surface area contributed by atoms with Crippen molar-refractivity contribution in [3.05, 3.63) is 0 Å². The van der Waals surface area contributed by atoms with Crippen LogP contribution in [0.2, 0.25) is 0 Å². The average Bonchev–Trinajstić information content (AvgIpc) is 2.60. The summed E-state index contributed by atoms with van der Waals surface area (Å²) in [5.41, 5.74) is -0.432. The van der Waals surface area contributed by atoms with Crippen molar-refractivity contribution in [3.8, 4) is 0 Å². The fraction of sp³-hybridized carbons (Fsp3) is 0.909. The monoisotopic (exact) mass is 213 g/mol. The number of rotatable bonds is 1.